The Labute approximate surface area is 128 Å². The van der Waals surface area contributed by atoms with Gasteiger partial charge in [0.05, 0.1) is 0 Å². The van der Waals surface area contributed by atoms with Gasteiger partial charge in [-0.3, -0.25) is 0 Å². The van der Waals surface area contributed by atoms with Gasteiger partial charge < -0.3 is 5.32 Å². The van der Waals surface area contributed by atoms with Gasteiger partial charge in [0.25, 0.3) is 0 Å². The fourth-order valence-electron chi connectivity index (χ4n) is 3.33. The molecule has 1 N–H and O–H groups in total. The summed E-state index contributed by atoms with van der Waals surface area (Å²) < 4.78 is 27.3. The van der Waals surface area contributed by atoms with E-state index >= 15 is 0 Å². The van der Waals surface area contributed by atoms with Crippen LogP contribution in [0.15, 0.2) is 29.6 Å². The van der Waals surface area contributed by atoms with E-state index in [1.807, 2.05) is 18.4 Å². The summed E-state index contributed by atoms with van der Waals surface area (Å²) in [6.45, 7) is 0. The lowest BCUT2D eigenvalue weighted by molar-refractivity contribution is 0.405. The zero-order chi connectivity index (χ0) is 14.8. The van der Waals surface area contributed by atoms with Crippen molar-refractivity contribution in [1.82, 2.24) is 5.32 Å². The van der Waals surface area contributed by atoms with Gasteiger partial charge in [0, 0.05) is 16.8 Å². The van der Waals surface area contributed by atoms with Crippen LogP contribution in [0.3, 0.4) is 0 Å². The zero-order valence-electron chi connectivity index (χ0n) is 12.0. The van der Waals surface area contributed by atoms with Gasteiger partial charge in [-0.25, -0.2) is 8.78 Å². The Kier molecular flexibility index (Phi) is 4.36. The molecule has 0 bridgehead atoms. The number of aryl methyl sites for hydroxylation is 1. The highest BCUT2D eigenvalue weighted by molar-refractivity contribution is 7.10. The van der Waals surface area contributed by atoms with Crippen LogP contribution in [-0.2, 0) is 12.8 Å². The third-order valence-corrected chi connectivity index (χ3v) is 5.42. The van der Waals surface area contributed by atoms with Crippen LogP contribution in [0, 0.1) is 11.6 Å². The minimum atomic E-state index is -0.762. The molecule has 0 saturated heterocycles. The summed E-state index contributed by atoms with van der Waals surface area (Å²) in [6.07, 6.45) is 3.93. The quantitative estimate of drug-likeness (QED) is 0.889. The second-order valence-electron chi connectivity index (χ2n) is 5.61. The molecule has 0 radical (unpaired) electrons. The molecular weight excluding hydrogens is 288 g/mol. The molecule has 3 rings (SSSR count). The minimum Gasteiger partial charge on any atom is -0.316 e. The molecule has 1 aliphatic carbocycles. The van der Waals surface area contributed by atoms with Crippen molar-refractivity contribution in [2.75, 3.05) is 7.05 Å². The molecule has 1 aliphatic rings. The van der Waals surface area contributed by atoms with Gasteiger partial charge in [-0.2, -0.15) is 0 Å². The highest BCUT2D eigenvalue weighted by Gasteiger charge is 2.28. The monoisotopic (exact) mass is 307 g/mol. The first-order valence-corrected chi connectivity index (χ1v) is 8.25. The fourth-order valence-corrected chi connectivity index (χ4v) is 4.33. The molecule has 1 nitrogen and oxygen atoms in total. The topological polar surface area (TPSA) is 12.0 Å². The second kappa shape index (κ2) is 6.24. The third-order valence-electron chi connectivity index (χ3n) is 4.43. The van der Waals surface area contributed by atoms with Gasteiger partial charge in [-0.15, -0.1) is 11.3 Å². The van der Waals surface area contributed by atoms with Crippen molar-refractivity contribution in [3.63, 3.8) is 0 Å². The second-order valence-corrected chi connectivity index (χ2v) is 6.61. The SMILES string of the molecule is CNC(Cc1cccc(F)c1F)C1CCCc2sccc21. The van der Waals surface area contributed by atoms with Crippen LogP contribution in [-0.4, -0.2) is 13.1 Å². The van der Waals surface area contributed by atoms with E-state index in [0.29, 0.717) is 17.9 Å². The zero-order valence-corrected chi connectivity index (χ0v) is 12.9. The molecule has 2 aromatic rings. The van der Waals surface area contributed by atoms with Crippen LogP contribution in [0.5, 0.6) is 0 Å². The van der Waals surface area contributed by atoms with Crippen LogP contribution in [0.1, 0.15) is 34.8 Å². The third kappa shape index (κ3) is 2.87. The van der Waals surface area contributed by atoms with Gasteiger partial charge >= 0.3 is 0 Å². The molecule has 0 fully saturated rings. The summed E-state index contributed by atoms with van der Waals surface area (Å²) in [6, 6.07) is 6.76. The molecule has 2 unspecified atom stereocenters. The number of thiophene rings is 1. The summed E-state index contributed by atoms with van der Waals surface area (Å²) in [5, 5.41) is 5.45. The van der Waals surface area contributed by atoms with Gasteiger partial charge in [0.15, 0.2) is 11.6 Å². The van der Waals surface area contributed by atoms with E-state index in [-0.39, 0.29) is 6.04 Å². The summed E-state index contributed by atoms with van der Waals surface area (Å²) in [5.74, 6) is -1.09. The van der Waals surface area contributed by atoms with Crippen LogP contribution in [0.4, 0.5) is 8.78 Å². The van der Waals surface area contributed by atoms with E-state index in [1.165, 1.54) is 22.9 Å². The Bertz CT molecular complexity index is 623. The predicted octanol–water partition coefficient (Wildman–Crippen LogP) is 4.28. The molecular formula is C17H19F2NS. The van der Waals surface area contributed by atoms with Gasteiger partial charge in [-0.1, -0.05) is 12.1 Å². The Morgan fingerprint density at radius 1 is 1.33 bits per heavy atom. The van der Waals surface area contributed by atoms with Crippen molar-refractivity contribution in [2.24, 2.45) is 0 Å². The lowest BCUT2D eigenvalue weighted by Gasteiger charge is -2.30. The van der Waals surface area contributed by atoms with Crippen LogP contribution in [0.25, 0.3) is 0 Å². The molecule has 0 spiro atoms. The molecule has 1 heterocycles. The Balaban J connectivity index is 1.85. The van der Waals surface area contributed by atoms with Gasteiger partial charge in [-0.05, 0) is 61.4 Å². The number of hydrogen-bond acceptors (Lipinski definition) is 2. The molecule has 1 aromatic heterocycles. The number of halogens is 2. The van der Waals surface area contributed by atoms with Crippen molar-refractivity contribution in [3.8, 4) is 0 Å². The van der Waals surface area contributed by atoms with Crippen molar-refractivity contribution in [3.05, 3.63) is 57.3 Å². The smallest absolute Gasteiger partial charge is 0.162 e. The van der Waals surface area contributed by atoms with E-state index in [4.69, 9.17) is 0 Å². The standard InChI is InChI=1S/C17H19F2NS/c1-20-15(10-11-4-2-6-14(18)17(11)19)12-5-3-7-16-13(12)8-9-21-16/h2,4,6,8-9,12,15,20H,3,5,7,10H2,1H3. The summed E-state index contributed by atoms with van der Waals surface area (Å²) >= 11 is 1.81. The maximum Gasteiger partial charge on any atom is 0.162 e. The number of rotatable bonds is 4. The van der Waals surface area contributed by atoms with E-state index in [1.54, 1.807) is 12.1 Å². The van der Waals surface area contributed by atoms with Gasteiger partial charge in [0.1, 0.15) is 0 Å². The Morgan fingerprint density at radius 3 is 3.00 bits per heavy atom. The number of fused-ring (bicyclic) bond motifs is 1. The largest absolute Gasteiger partial charge is 0.316 e. The fraction of sp³-hybridized carbons (Fsp3) is 0.412. The molecule has 2 atom stereocenters. The molecule has 4 heteroatoms. The molecule has 0 aliphatic heterocycles. The maximum atomic E-state index is 13.9. The highest BCUT2D eigenvalue weighted by Crippen LogP contribution is 2.37. The van der Waals surface area contributed by atoms with Gasteiger partial charge in [0.2, 0.25) is 0 Å². The number of nitrogens with one attached hydrogen (secondary N) is 1. The predicted molar refractivity (Wildman–Crippen MR) is 82.9 cm³/mol. The summed E-state index contributed by atoms with van der Waals surface area (Å²) in [5.41, 5.74) is 1.85. The van der Waals surface area contributed by atoms with Crippen molar-refractivity contribution >= 4 is 11.3 Å². The Morgan fingerprint density at radius 2 is 2.19 bits per heavy atom. The van der Waals surface area contributed by atoms with Crippen LogP contribution in [0.2, 0.25) is 0 Å². The first kappa shape index (κ1) is 14.7. The summed E-state index contributed by atoms with van der Waals surface area (Å²) in [4.78, 5) is 1.45. The lowest BCUT2D eigenvalue weighted by Crippen LogP contribution is -2.36. The molecule has 0 amide bonds. The van der Waals surface area contributed by atoms with Crippen LogP contribution < -0.4 is 5.32 Å². The maximum absolute atomic E-state index is 13.9. The Hall–Kier alpha value is -1.26. The molecule has 21 heavy (non-hydrogen) atoms. The lowest BCUT2D eigenvalue weighted by atomic mass is 9.80. The first-order valence-electron chi connectivity index (χ1n) is 7.37. The number of benzene rings is 1. The normalized spacial score (nSPS) is 19.3. The first-order chi connectivity index (χ1) is 10.2. The van der Waals surface area contributed by atoms with Crippen molar-refractivity contribution in [1.29, 1.82) is 0 Å². The van der Waals surface area contributed by atoms with E-state index in [2.05, 4.69) is 16.8 Å². The minimum absolute atomic E-state index is 0.134. The van der Waals surface area contributed by atoms with E-state index < -0.39 is 11.6 Å². The van der Waals surface area contributed by atoms with E-state index in [0.717, 1.165) is 12.8 Å². The van der Waals surface area contributed by atoms with Crippen molar-refractivity contribution in [2.45, 2.75) is 37.6 Å². The molecule has 112 valence electrons. The highest BCUT2D eigenvalue weighted by atomic mass is 32.1. The molecule has 1 aromatic carbocycles. The molecule has 0 saturated carbocycles. The average Bonchev–Trinajstić information content (AvgIpc) is 2.97. The average molecular weight is 307 g/mol. The number of hydrogen-bond donors (Lipinski definition) is 1. The van der Waals surface area contributed by atoms with E-state index in [9.17, 15) is 8.78 Å². The number of likely N-dealkylation sites (N-methyl/N-ethyl adjacent to an activating group) is 1. The van der Waals surface area contributed by atoms with Crippen molar-refractivity contribution < 1.29 is 8.78 Å². The summed E-state index contributed by atoms with van der Waals surface area (Å²) in [7, 11) is 1.91. The van der Waals surface area contributed by atoms with Crippen LogP contribution >= 0.6 is 11.3 Å².